The third kappa shape index (κ3) is 3.98. The van der Waals surface area contributed by atoms with E-state index in [1.165, 1.54) is 0 Å². The second kappa shape index (κ2) is 6.57. The van der Waals surface area contributed by atoms with Gasteiger partial charge in [0.05, 0.1) is 18.9 Å². The largest absolute Gasteiger partial charge is 0.493 e. The minimum absolute atomic E-state index is 0.542. The maximum atomic E-state index is 5.76. The predicted octanol–water partition coefficient (Wildman–Crippen LogP) is 1.61. The Kier molecular flexibility index (Phi) is 4.76. The highest BCUT2D eigenvalue weighted by Crippen LogP contribution is 2.16. The fourth-order valence-electron chi connectivity index (χ4n) is 1.82. The molecule has 1 fully saturated rings. The van der Waals surface area contributed by atoms with E-state index < -0.39 is 0 Å². The average molecular weight is 236 g/mol. The summed E-state index contributed by atoms with van der Waals surface area (Å²) >= 11 is 0. The van der Waals surface area contributed by atoms with Crippen molar-refractivity contribution in [3.05, 3.63) is 24.0 Å². The molecule has 2 heterocycles. The van der Waals surface area contributed by atoms with Crippen LogP contribution in [0.5, 0.6) is 5.75 Å². The normalized spacial score (nSPS) is 19.5. The van der Waals surface area contributed by atoms with Gasteiger partial charge in [-0.1, -0.05) is 6.92 Å². The van der Waals surface area contributed by atoms with Crippen molar-refractivity contribution in [1.29, 1.82) is 0 Å². The zero-order chi connectivity index (χ0) is 11.9. The molecule has 4 heteroatoms. The van der Waals surface area contributed by atoms with Gasteiger partial charge in [-0.05, 0) is 19.0 Å². The lowest BCUT2D eigenvalue weighted by atomic mass is 10.1. The molecule has 94 valence electrons. The summed E-state index contributed by atoms with van der Waals surface area (Å²) in [7, 11) is 0. The van der Waals surface area contributed by atoms with E-state index in [9.17, 15) is 0 Å². The molecule has 1 aromatic heterocycles. The molecule has 0 amide bonds. The second-order valence-corrected chi connectivity index (χ2v) is 4.30. The lowest BCUT2D eigenvalue weighted by Crippen LogP contribution is -2.14. The van der Waals surface area contributed by atoms with Crippen molar-refractivity contribution in [1.82, 2.24) is 10.3 Å². The Hall–Kier alpha value is -1.13. The molecule has 1 unspecified atom stereocenters. The van der Waals surface area contributed by atoms with Crippen LogP contribution in [-0.4, -0.2) is 31.3 Å². The van der Waals surface area contributed by atoms with Crippen LogP contribution in [0.3, 0.4) is 0 Å². The van der Waals surface area contributed by atoms with Crippen molar-refractivity contribution in [2.24, 2.45) is 5.92 Å². The first-order chi connectivity index (χ1) is 8.38. The van der Waals surface area contributed by atoms with Gasteiger partial charge in [0.25, 0.3) is 0 Å². The second-order valence-electron chi connectivity index (χ2n) is 4.30. The van der Waals surface area contributed by atoms with E-state index >= 15 is 0 Å². The maximum Gasteiger partial charge on any atom is 0.122 e. The molecule has 0 spiro atoms. The molecule has 4 nitrogen and oxygen atoms in total. The van der Waals surface area contributed by atoms with E-state index in [0.717, 1.165) is 50.8 Å². The van der Waals surface area contributed by atoms with Crippen LogP contribution in [0.2, 0.25) is 0 Å². The molecule has 1 atom stereocenters. The molecule has 0 saturated carbocycles. The number of hydrogen-bond donors (Lipinski definition) is 1. The Morgan fingerprint density at radius 2 is 2.53 bits per heavy atom. The van der Waals surface area contributed by atoms with Crippen molar-refractivity contribution >= 4 is 0 Å². The van der Waals surface area contributed by atoms with Crippen LogP contribution < -0.4 is 10.1 Å². The zero-order valence-electron chi connectivity index (χ0n) is 10.3. The molecule has 2 rings (SSSR count). The van der Waals surface area contributed by atoms with E-state index in [0.29, 0.717) is 5.92 Å². The lowest BCUT2D eigenvalue weighted by Gasteiger charge is -2.11. The minimum atomic E-state index is 0.542. The number of rotatable bonds is 6. The quantitative estimate of drug-likeness (QED) is 0.815. The van der Waals surface area contributed by atoms with Crippen LogP contribution in [0, 0.1) is 5.92 Å². The summed E-state index contributed by atoms with van der Waals surface area (Å²) in [6, 6.07) is 3.91. The first kappa shape index (κ1) is 12.3. The van der Waals surface area contributed by atoms with Gasteiger partial charge in [-0.3, -0.25) is 4.98 Å². The predicted molar refractivity (Wildman–Crippen MR) is 66.0 cm³/mol. The molecule has 1 N–H and O–H groups in total. The number of ether oxygens (including phenoxy) is 2. The van der Waals surface area contributed by atoms with Gasteiger partial charge in [0, 0.05) is 31.3 Å². The average Bonchev–Trinajstić information content (AvgIpc) is 2.87. The van der Waals surface area contributed by atoms with E-state index in [1.807, 2.05) is 12.1 Å². The number of nitrogens with one attached hydrogen (secondary N) is 1. The maximum absolute atomic E-state index is 5.76. The van der Waals surface area contributed by atoms with Gasteiger partial charge in [0.1, 0.15) is 5.75 Å². The summed E-state index contributed by atoms with van der Waals surface area (Å²) in [5.74, 6) is 1.44. The molecule has 0 aromatic carbocycles. The SMILES string of the molecule is CCNCc1cc(OCC2CCOC2)ccn1. The summed E-state index contributed by atoms with van der Waals surface area (Å²) in [5, 5.41) is 3.25. The summed E-state index contributed by atoms with van der Waals surface area (Å²) in [4.78, 5) is 4.29. The van der Waals surface area contributed by atoms with Gasteiger partial charge >= 0.3 is 0 Å². The molecule has 1 aromatic rings. The highest BCUT2D eigenvalue weighted by atomic mass is 16.5. The van der Waals surface area contributed by atoms with Crippen LogP contribution in [0.25, 0.3) is 0 Å². The first-order valence-electron chi connectivity index (χ1n) is 6.24. The number of aromatic nitrogens is 1. The zero-order valence-corrected chi connectivity index (χ0v) is 10.3. The van der Waals surface area contributed by atoms with Gasteiger partial charge in [-0.15, -0.1) is 0 Å². The van der Waals surface area contributed by atoms with E-state index in [4.69, 9.17) is 9.47 Å². The molecular weight excluding hydrogens is 216 g/mol. The van der Waals surface area contributed by atoms with E-state index in [2.05, 4.69) is 17.2 Å². The summed E-state index contributed by atoms with van der Waals surface area (Å²) in [6.07, 6.45) is 2.91. The third-order valence-electron chi connectivity index (χ3n) is 2.85. The molecule has 1 saturated heterocycles. The van der Waals surface area contributed by atoms with Crippen LogP contribution in [0.15, 0.2) is 18.3 Å². The lowest BCUT2D eigenvalue weighted by molar-refractivity contribution is 0.167. The monoisotopic (exact) mass is 236 g/mol. The Labute approximate surface area is 102 Å². The Bertz CT molecular complexity index is 338. The Morgan fingerprint density at radius 1 is 1.59 bits per heavy atom. The molecule has 17 heavy (non-hydrogen) atoms. The Balaban J connectivity index is 1.82. The number of nitrogens with zero attached hydrogens (tertiary/aromatic N) is 1. The summed E-state index contributed by atoms with van der Waals surface area (Å²) in [5.41, 5.74) is 1.02. The smallest absolute Gasteiger partial charge is 0.122 e. The van der Waals surface area contributed by atoms with Crippen LogP contribution >= 0.6 is 0 Å². The van der Waals surface area contributed by atoms with Crippen molar-refractivity contribution in [2.45, 2.75) is 19.9 Å². The van der Waals surface area contributed by atoms with Crippen molar-refractivity contribution < 1.29 is 9.47 Å². The fourth-order valence-corrected chi connectivity index (χ4v) is 1.82. The van der Waals surface area contributed by atoms with Gasteiger partial charge in [-0.2, -0.15) is 0 Å². The van der Waals surface area contributed by atoms with Crippen LogP contribution in [0.4, 0.5) is 0 Å². The summed E-state index contributed by atoms with van der Waals surface area (Å²) < 4.78 is 11.1. The molecule has 0 bridgehead atoms. The first-order valence-corrected chi connectivity index (χ1v) is 6.24. The topological polar surface area (TPSA) is 43.4 Å². The molecule has 0 aliphatic carbocycles. The molecule has 0 radical (unpaired) electrons. The van der Waals surface area contributed by atoms with Crippen LogP contribution in [-0.2, 0) is 11.3 Å². The van der Waals surface area contributed by atoms with Crippen molar-refractivity contribution in [2.75, 3.05) is 26.4 Å². The number of pyridine rings is 1. The molecular formula is C13H20N2O2. The van der Waals surface area contributed by atoms with Crippen molar-refractivity contribution in [3.63, 3.8) is 0 Å². The van der Waals surface area contributed by atoms with Gasteiger partial charge in [0.2, 0.25) is 0 Å². The Morgan fingerprint density at radius 3 is 3.29 bits per heavy atom. The molecule has 1 aliphatic rings. The van der Waals surface area contributed by atoms with E-state index in [-0.39, 0.29) is 0 Å². The summed E-state index contributed by atoms with van der Waals surface area (Å²) in [6.45, 7) is 6.27. The van der Waals surface area contributed by atoms with Crippen LogP contribution in [0.1, 0.15) is 19.0 Å². The minimum Gasteiger partial charge on any atom is -0.493 e. The van der Waals surface area contributed by atoms with E-state index in [1.54, 1.807) is 6.20 Å². The fraction of sp³-hybridized carbons (Fsp3) is 0.615. The highest BCUT2D eigenvalue weighted by Gasteiger charge is 2.16. The standard InChI is InChI=1S/C13H20N2O2/c1-2-14-8-12-7-13(3-5-15-12)17-10-11-4-6-16-9-11/h3,5,7,11,14H,2,4,6,8-10H2,1H3. The number of hydrogen-bond acceptors (Lipinski definition) is 4. The third-order valence-corrected chi connectivity index (χ3v) is 2.85. The van der Waals surface area contributed by atoms with Crippen molar-refractivity contribution in [3.8, 4) is 5.75 Å². The molecule has 1 aliphatic heterocycles. The highest BCUT2D eigenvalue weighted by molar-refractivity contribution is 5.22. The van der Waals surface area contributed by atoms with Gasteiger partial charge in [0.15, 0.2) is 0 Å². The van der Waals surface area contributed by atoms with Gasteiger partial charge < -0.3 is 14.8 Å². The van der Waals surface area contributed by atoms with Gasteiger partial charge in [-0.25, -0.2) is 0 Å².